The Bertz CT molecular complexity index is 554. The molecule has 0 aromatic heterocycles. The molecule has 2 N–H and O–H groups in total. The Hall–Kier alpha value is -2.08. The number of benzene rings is 1. The summed E-state index contributed by atoms with van der Waals surface area (Å²) in [6, 6.07) is 9.22. The van der Waals surface area contributed by atoms with Gasteiger partial charge in [-0.05, 0) is 37.8 Å². The van der Waals surface area contributed by atoms with Crippen molar-refractivity contribution in [2.75, 3.05) is 33.4 Å². The predicted octanol–water partition coefficient (Wildman–Crippen LogP) is 2.41. The van der Waals surface area contributed by atoms with Gasteiger partial charge in [-0.25, -0.2) is 4.79 Å². The Kier molecular flexibility index (Phi) is 7.25. The van der Waals surface area contributed by atoms with E-state index >= 15 is 0 Å². The van der Waals surface area contributed by atoms with E-state index in [1.165, 1.54) is 0 Å². The van der Waals surface area contributed by atoms with E-state index in [1.54, 1.807) is 7.11 Å². The highest BCUT2D eigenvalue weighted by molar-refractivity contribution is 5.94. The smallest absolute Gasteiger partial charge is 0.317 e. The van der Waals surface area contributed by atoms with Gasteiger partial charge < -0.3 is 20.3 Å². The average Bonchev–Trinajstić information content (AvgIpc) is 2.65. The van der Waals surface area contributed by atoms with Crippen molar-refractivity contribution < 1.29 is 14.3 Å². The number of rotatable bonds is 7. The van der Waals surface area contributed by atoms with Crippen molar-refractivity contribution in [1.82, 2.24) is 15.5 Å². The lowest BCUT2D eigenvalue weighted by atomic mass is 9.84. The van der Waals surface area contributed by atoms with Crippen LogP contribution >= 0.6 is 0 Å². The maximum atomic E-state index is 12.6. The van der Waals surface area contributed by atoms with Gasteiger partial charge >= 0.3 is 6.03 Å². The van der Waals surface area contributed by atoms with Crippen LogP contribution in [0.3, 0.4) is 0 Å². The third-order valence-corrected chi connectivity index (χ3v) is 4.73. The Balaban J connectivity index is 1.99. The molecular formula is C19H29N3O3. The van der Waals surface area contributed by atoms with E-state index in [2.05, 4.69) is 10.6 Å². The van der Waals surface area contributed by atoms with Crippen LogP contribution in [0.5, 0.6) is 0 Å². The van der Waals surface area contributed by atoms with Crippen LogP contribution in [0.4, 0.5) is 4.79 Å². The largest absolute Gasteiger partial charge is 0.385 e. The SMILES string of the molecule is CCCNC(=O)N1CCC(CCOC)(NC(=O)c2ccccc2)CC1. The van der Waals surface area contributed by atoms with Crippen molar-refractivity contribution in [2.45, 2.75) is 38.1 Å². The van der Waals surface area contributed by atoms with Gasteiger partial charge in [0.05, 0.1) is 0 Å². The molecule has 1 aromatic rings. The summed E-state index contributed by atoms with van der Waals surface area (Å²) in [5.41, 5.74) is 0.326. The number of hydrogen-bond donors (Lipinski definition) is 2. The molecule has 2 rings (SSSR count). The van der Waals surface area contributed by atoms with Crippen LogP contribution in [0.2, 0.25) is 0 Å². The van der Waals surface area contributed by atoms with Gasteiger partial charge in [-0.15, -0.1) is 0 Å². The number of urea groups is 1. The fourth-order valence-electron chi connectivity index (χ4n) is 3.12. The van der Waals surface area contributed by atoms with E-state index in [9.17, 15) is 9.59 Å². The fourth-order valence-corrected chi connectivity index (χ4v) is 3.12. The first-order chi connectivity index (χ1) is 12.1. The zero-order chi connectivity index (χ0) is 18.1. The van der Waals surface area contributed by atoms with Gasteiger partial charge in [0.1, 0.15) is 0 Å². The van der Waals surface area contributed by atoms with E-state index < -0.39 is 0 Å². The maximum Gasteiger partial charge on any atom is 0.317 e. The summed E-state index contributed by atoms with van der Waals surface area (Å²) in [5.74, 6) is -0.0689. The highest BCUT2D eigenvalue weighted by Crippen LogP contribution is 2.26. The van der Waals surface area contributed by atoms with Gasteiger partial charge in [0.25, 0.3) is 5.91 Å². The van der Waals surface area contributed by atoms with Gasteiger partial charge in [0, 0.05) is 44.5 Å². The molecule has 0 atom stereocenters. The van der Waals surface area contributed by atoms with Crippen LogP contribution in [0.25, 0.3) is 0 Å². The summed E-state index contributed by atoms with van der Waals surface area (Å²) in [5, 5.41) is 6.12. The molecule has 138 valence electrons. The van der Waals surface area contributed by atoms with Gasteiger partial charge in [0.15, 0.2) is 0 Å². The predicted molar refractivity (Wildman–Crippen MR) is 97.6 cm³/mol. The molecule has 0 bridgehead atoms. The first-order valence-corrected chi connectivity index (χ1v) is 8.99. The summed E-state index contributed by atoms with van der Waals surface area (Å²) in [7, 11) is 1.67. The molecule has 1 fully saturated rings. The molecule has 1 saturated heterocycles. The second-order valence-corrected chi connectivity index (χ2v) is 6.56. The van der Waals surface area contributed by atoms with Crippen molar-refractivity contribution in [3.05, 3.63) is 35.9 Å². The molecule has 0 radical (unpaired) electrons. The zero-order valence-corrected chi connectivity index (χ0v) is 15.2. The molecule has 1 aliphatic rings. The highest BCUT2D eigenvalue weighted by Gasteiger charge is 2.37. The van der Waals surface area contributed by atoms with Crippen molar-refractivity contribution in [2.24, 2.45) is 0 Å². The van der Waals surface area contributed by atoms with Gasteiger partial charge in [-0.3, -0.25) is 4.79 Å². The third kappa shape index (κ3) is 5.46. The number of ether oxygens (including phenoxy) is 1. The number of carbonyl (C=O) groups excluding carboxylic acids is 2. The van der Waals surface area contributed by atoms with Gasteiger partial charge in [-0.1, -0.05) is 25.1 Å². The van der Waals surface area contributed by atoms with E-state index in [4.69, 9.17) is 4.74 Å². The van der Waals surface area contributed by atoms with E-state index in [0.29, 0.717) is 31.8 Å². The lowest BCUT2D eigenvalue weighted by molar-refractivity contribution is 0.0746. The lowest BCUT2D eigenvalue weighted by Crippen LogP contribution is -2.57. The number of methoxy groups -OCH3 is 1. The van der Waals surface area contributed by atoms with Crippen LogP contribution in [0, 0.1) is 0 Å². The molecule has 25 heavy (non-hydrogen) atoms. The highest BCUT2D eigenvalue weighted by atomic mass is 16.5. The Morgan fingerprint density at radius 2 is 1.88 bits per heavy atom. The first kappa shape index (κ1) is 19.2. The molecule has 0 unspecified atom stereocenters. The van der Waals surface area contributed by atoms with Crippen LogP contribution in [0.1, 0.15) is 43.0 Å². The first-order valence-electron chi connectivity index (χ1n) is 8.99. The molecule has 0 aliphatic carbocycles. The zero-order valence-electron chi connectivity index (χ0n) is 15.2. The molecule has 3 amide bonds. The standard InChI is InChI=1S/C19H29N3O3/c1-3-12-20-18(24)22-13-9-19(10-14-22,11-15-25-2)21-17(23)16-7-5-4-6-8-16/h4-8H,3,9-15H2,1-2H3,(H,20,24)(H,21,23). The Morgan fingerprint density at radius 3 is 2.48 bits per heavy atom. The number of nitrogens with zero attached hydrogens (tertiary/aromatic N) is 1. The van der Waals surface area contributed by atoms with Crippen molar-refractivity contribution in [3.63, 3.8) is 0 Å². The number of nitrogens with one attached hydrogen (secondary N) is 2. The minimum atomic E-state index is -0.329. The van der Waals surface area contributed by atoms with Crippen LogP contribution in [-0.4, -0.2) is 55.7 Å². The number of likely N-dealkylation sites (tertiary alicyclic amines) is 1. The monoisotopic (exact) mass is 347 g/mol. The number of amides is 3. The summed E-state index contributed by atoms with van der Waals surface area (Å²) in [4.78, 5) is 26.6. The number of piperidine rings is 1. The molecule has 6 heteroatoms. The summed E-state index contributed by atoms with van der Waals surface area (Å²) in [6.07, 6.45) is 3.12. The van der Waals surface area contributed by atoms with Gasteiger partial charge in [0.2, 0.25) is 0 Å². The van der Waals surface area contributed by atoms with E-state index in [0.717, 1.165) is 25.7 Å². The topological polar surface area (TPSA) is 70.7 Å². The quantitative estimate of drug-likeness (QED) is 0.796. The van der Waals surface area contributed by atoms with E-state index in [-0.39, 0.29) is 17.5 Å². The molecule has 1 aromatic carbocycles. The number of hydrogen-bond acceptors (Lipinski definition) is 3. The van der Waals surface area contributed by atoms with Crippen molar-refractivity contribution in [3.8, 4) is 0 Å². The van der Waals surface area contributed by atoms with Crippen molar-refractivity contribution in [1.29, 1.82) is 0 Å². The summed E-state index contributed by atoms with van der Waals surface area (Å²) < 4.78 is 5.24. The molecule has 1 heterocycles. The molecule has 6 nitrogen and oxygen atoms in total. The molecule has 0 saturated carbocycles. The van der Waals surface area contributed by atoms with Crippen LogP contribution in [0.15, 0.2) is 30.3 Å². The van der Waals surface area contributed by atoms with E-state index in [1.807, 2.05) is 42.2 Å². The molecular weight excluding hydrogens is 318 g/mol. The third-order valence-electron chi connectivity index (χ3n) is 4.73. The van der Waals surface area contributed by atoms with Crippen molar-refractivity contribution >= 4 is 11.9 Å². The second-order valence-electron chi connectivity index (χ2n) is 6.56. The maximum absolute atomic E-state index is 12.6. The molecule has 0 spiro atoms. The normalized spacial score (nSPS) is 16.3. The Morgan fingerprint density at radius 1 is 1.20 bits per heavy atom. The second kappa shape index (κ2) is 9.42. The Labute approximate surface area is 149 Å². The minimum Gasteiger partial charge on any atom is -0.385 e. The molecule has 1 aliphatic heterocycles. The van der Waals surface area contributed by atoms with Crippen LogP contribution < -0.4 is 10.6 Å². The average molecular weight is 347 g/mol. The number of carbonyl (C=O) groups is 2. The fraction of sp³-hybridized carbons (Fsp3) is 0.579. The minimum absolute atomic E-state index is 0.0171. The summed E-state index contributed by atoms with van der Waals surface area (Å²) in [6.45, 7) is 4.57. The van der Waals surface area contributed by atoms with Crippen LogP contribution in [-0.2, 0) is 4.74 Å². The lowest BCUT2D eigenvalue weighted by Gasteiger charge is -2.42. The van der Waals surface area contributed by atoms with Gasteiger partial charge in [-0.2, -0.15) is 0 Å². The summed E-state index contributed by atoms with van der Waals surface area (Å²) >= 11 is 0.